The SMILES string of the molecule is COC(=O)C1C=C2CCN(C(=O)O)CC2=CC1. The van der Waals surface area contributed by atoms with Crippen LogP contribution in [0.15, 0.2) is 23.3 Å². The number of rotatable bonds is 1. The van der Waals surface area contributed by atoms with E-state index in [4.69, 9.17) is 9.84 Å². The minimum atomic E-state index is -0.889. The van der Waals surface area contributed by atoms with Crippen LogP contribution in [0.1, 0.15) is 12.8 Å². The van der Waals surface area contributed by atoms with Gasteiger partial charge in [-0.15, -0.1) is 0 Å². The number of nitrogens with zero attached hydrogens (tertiary/aromatic N) is 1. The van der Waals surface area contributed by atoms with Gasteiger partial charge >= 0.3 is 12.1 Å². The van der Waals surface area contributed by atoms with E-state index in [0.29, 0.717) is 25.9 Å². The number of methoxy groups -OCH3 is 1. The zero-order chi connectivity index (χ0) is 12.4. The van der Waals surface area contributed by atoms with Crippen molar-refractivity contribution in [3.8, 4) is 0 Å². The van der Waals surface area contributed by atoms with Crippen molar-refractivity contribution in [1.82, 2.24) is 4.90 Å². The van der Waals surface area contributed by atoms with Crippen molar-refractivity contribution in [2.75, 3.05) is 20.2 Å². The number of amides is 1. The number of fused-ring (bicyclic) bond motifs is 1. The number of carbonyl (C=O) groups excluding carboxylic acids is 1. The number of carboxylic acid groups (broad SMARTS) is 1. The number of ether oxygens (including phenoxy) is 1. The number of allylic oxidation sites excluding steroid dienone is 1. The Kier molecular flexibility index (Phi) is 3.17. The number of carbonyl (C=O) groups is 2. The van der Waals surface area contributed by atoms with Crippen molar-refractivity contribution in [2.24, 2.45) is 5.92 Å². The van der Waals surface area contributed by atoms with Crippen LogP contribution < -0.4 is 0 Å². The normalized spacial score (nSPS) is 23.4. The third-order valence-electron chi connectivity index (χ3n) is 3.22. The number of piperidine rings is 1. The van der Waals surface area contributed by atoms with Crippen LogP contribution in [0, 0.1) is 5.92 Å². The van der Waals surface area contributed by atoms with E-state index in [2.05, 4.69) is 0 Å². The van der Waals surface area contributed by atoms with Crippen molar-refractivity contribution in [2.45, 2.75) is 12.8 Å². The molecule has 0 spiro atoms. The van der Waals surface area contributed by atoms with Gasteiger partial charge in [0.05, 0.1) is 13.0 Å². The molecular formula is C12H15NO4. The number of hydrogen-bond acceptors (Lipinski definition) is 3. The fourth-order valence-electron chi connectivity index (χ4n) is 2.25. The van der Waals surface area contributed by atoms with Crippen molar-refractivity contribution in [3.63, 3.8) is 0 Å². The van der Waals surface area contributed by atoms with Gasteiger partial charge in [0.2, 0.25) is 0 Å². The molecule has 1 unspecified atom stereocenters. The van der Waals surface area contributed by atoms with Crippen LogP contribution in [0.5, 0.6) is 0 Å². The largest absolute Gasteiger partial charge is 0.469 e. The van der Waals surface area contributed by atoms with Gasteiger partial charge in [0, 0.05) is 13.1 Å². The molecule has 1 amide bonds. The molecular weight excluding hydrogens is 222 g/mol. The van der Waals surface area contributed by atoms with Crippen molar-refractivity contribution < 1.29 is 19.4 Å². The molecule has 0 bridgehead atoms. The fourth-order valence-corrected chi connectivity index (χ4v) is 2.25. The third kappa shape index (κ3) is 2.33. The lowest BCUT2D eigenvalue weighted by Gasteiger charge is -2.31. The molecule has 0 aromatic carbocycles. The summed E-state index contributed by atoms with van der Waals surface area (Å²) in [7, 11) is 1.38. The van der Waals surface area contributed by atoms with E-state index in [9.17, 15) is 9.59 Å². The Morgan fingerprint density at radius 3 is 2.88 bits per heavy atom. The summed E-state index contributed by atoms with van der Waals surface area (Å²) >= 11 is 0. The maximum atomic E-state index is 11.4. The molecule has 0 saturated carbocycles. The first-order chi connectivity index (χ1) is 8.11. The molecule has 2 aliphatic rings. The molecule has 5 nitrogen and oxygen atoms in total. The number of esters is 1. The molecule has 1 aliphatic heterocycles. The van der Waals surface area contributed by atoms with Crippen LogP contribution in [0.2, 0.25) is 0 Å². The molecule has 1 atom stereocenters. The molecule has 0 aromatic rings. The first kappa shape index (κ1) is 11.7. The Balaban J connectivity index is 2.09. The summed E-state index contributed by atoms with van der Waals surface area (Å²) in [5.74, 6) is -0.441. The minimum absolute atomic E-state index is 0.213. The molecule has 0 radical (unpaired) electrons. The molecule has 1 fully saturated rings. The first-order valence-electron chi connectivity index (χ1n) is 5.57. The molecule has 1 heterocycles. The number of likely N-dealkylation sites (tertiary alicyclic amines) is 1. The molecule has 1 aliphatic carbocycles. The summed E-state index contributed by atoms with van der Waals surface area (Å²) in [6, 6.07) is 0. The second kappa shape index (κ2) is 4.61. The Bertz CT molecular complexity index is 411. The van der Waals surface area contributed by atoms with Gasteiger partial charge in [-0.2, -0.15) is 0 Å². The minimum Gasteiger partial charge on any atom is -0.469 e. The smallest absolute Gasteiger partial charge is 0.407 e. The molecule has 17 heavy (non-hydrogen) atoms. The van der Waals surface area contributed by atoms with Crippen molar-refractivity contribution in [1.29, 1.82) is 0 Å². The molecule has 1 saturated heterocycles. The summed E-state index contributed by atoms with van der Waals surface area (Å²) in [5, 5.41) is 8.91. The van der Waals surface area contributed by atoms with Crippen molar-refractivity contribution >= 4 is 12.1 Å². The Morgan fingerprint density at radius 2 is 2.24 bits per heavy atom. The highest BCUT2D eigenvalue weighted by atomic mass is 16.5. The van der Waals surface area contributed by atoms with Crippen LogP contribution >= 0.6 is 0 Å². The van der Waals surface area contributed by atoms with Crippen LogP contribution in [-0.2, 0) is 9.53 Å². The number of hydrogen-bond donors (Lipinski definition) is 1. The van der Waals surface area contributed by atoms with Gasteiger partial charge in [0.25, 0.3) is 0 Å². The molecule has 92 valence electrons. The average Bonchev–Trinajstić information content (AvgIpc) is 2.36. The van der Waals surface area contributed by atoms with Gasteiger partial charge in [-0.05, 0) is 24.0 Å². The molecule has 0 aromatic heterocycles. The second-order valence-corrected chi connectivity index (χ2v) is 4.24. The van der Waals surface area contributed by atoms with E-state index in [1.165, 1.54) is 12.0 Å². The summed E-state index contributed by atoms with van der Waals surface area (Å²) in [6.45, 7) is 0.918. The van der Waals surface area contributed by atoms with E-state index in [1.807, 2.05) is 12.2 Å². The van der Waals surface area contributed by atoms with E-state index < -0.39 is 6.09 Å². The summed E-state index contributed by atoms with van der Waals surface area (Å²) in [5.41, 5.74) is 2.11. The zero-order valence-electron chi connectivity index (χ0n) is 9.68. The maximum Gasteiger partial charge on any atom is 0.407 e. The molecule has 5 heteroatoms. The van der Waals surface area contributed by atoms with Crippen LogP contribution in [0.25, 0.3) is 0 Å². The maximum absolute atomic E-state index is 11.4. The molecule has 2 rings (SSSR count). The second-order valence-electron chi connectivity index (χ2n) is 4.24. The van der Waals surface area contributed by atoms with E-state index in [-0.39, 0.29) is 11.9 Å². The lowest BCUT2D eigenvalue weighted by molar-refractivity contribution is -0.143. The lowest BCUT2D eigenvalue weighted by atomic mass is 9.86. The Hall–Kier alpha value is -1.78. The lowest BCUT2D eigenvalue weighted by Crippen LogP contribution is -2.37. The van der Waals surface area contributed by atoms with Gasteiger partial charge in [0.1, 0.15) is 0 Å². The fraction of sp³-hybridized carbons (Fsp3) is 0.500. The van der Waals surface area contributed by atoms with Crippen molar-refractivity contribution in [3.05, 3.63) is 23.3 Å². The molecule has 1 N–H and O–H groups in total. The standard InChI is InChI=1S/C12H15NO4/c1-17-11(14)9-2-3-10-7-13(12(15)16)5-4-8(10)6-9/h3,6,9H,2,4-5,7H2,1H3,(H,15,16). The van der Waals surface area contributed by atoms with Gasteiger partial charge in [-0.25, -0.2) is 4.79 Å². The van der Waals surface area contributed by atoms with Gasteiger partial charge < -0.3 is 14.7 Å². The highest BCUT2D eigenvalue weighted by Crippen LogP contribution is 2.30. The highest BCUT2D eigenvalue weighted by molar-refractivity contribution is 5.76. The Morgan fingerprint density at radius 1 is 1.47 bits per heavy atom. The van der Waals surface area contributed by atoms with E-state index in [1.54, 1.807) is 0 Å². The van der Waals surface area contributed by atoms with Gasteiger partial charge in [0.15, 0.2) is 0 Å². The summed E-state index contributed by atoms with van der Waals surface area (Å²) in [4.78, 5) is 23.7. The summed E-state index contributed by atoms with van der Waals surface area (Å²) < 4.78 is 4.71. The van der Waals surface area contributed by atoms with Gasteiger partial charge in [-0.3, -0.25) is 4.79 Å². The average molecular weight is 237 g/mol. The van der Waals surface area contributed by atoms with Gasteiger partial charge in [-0.1, -0.05) is 12.2 Å². The van der Waals surface area contributed by atoms with Crippen LogP contribution in [-0.4, -0.2) is 42.3 Å². The topological polar surface area (TPSA) is 66.8 Å². The monoisotopic (exact) mass is 237 g/mol. The quantitative estimate of drug-likeness (QED) is 0.700. The highest BCUT2D eigenvalue weighted by Gasteiger charge is 2.27. The predicted molar refractivity (Wildman–Crippen MR) is 60.5 cm³/mol. The third-order valence-corrected chi connectivity index (χ3v) is 3.22. The Labute approximate surface area is 99.4 Å². The zero-order valence-corrected chi connectivity index (χ0v) is 9.68. The van der Waals surface area contributed by atoms with E-state index in [0.717, 1.165) is 11.1 Å². The van der Waals surface area contributed by atoms with Crippen LogP contribution in [0.4, 0.5) is 4.79 Å². The first-order valence-corrected chi connectivity index (χ1v) is 5.57. The van der Waals surface area contributed by atoms with Crippen LogP contribution in [0.3, 0.4) is 0 Å². The predicted octanol–water partition coefficient (Wildman–Crippen LogP) is 1.42. The van der Waals surface area contributed by atoms with E-state index >= 15 is 0 Å². The summed E-state index contributed by atoms with van der Waals surface area (Å²) in [6.07, 6.45) is 4.25.